The van der Waals surface area contributed by atoms with E-state index in [0.29, 0.717) is 5.69 Å². The average molecular weight is 307 g/mol. The van der Waals surface area contributed by atoms with Crippen molar-refractivity contribution in [2.24, 2.45) is 0 Å². The fourth-order valence-corrected chi connectivity index (χ4v) is 4.36. The van der Waals surface area contributed by atoms with Gasteiger partial charge >= 0.3 is 6.03 Å². The van der Waals surface area contributed by atoms with Crippen LogP contribution in [0.4, 0.5) is 14.9 Å². The zero-order chi connectivity index (χ0) is 14.0. The van der Waals surface area contributed by atoms with E-state index >= 15 is 0 Å². The van der Waals surface area contributed by atoms with Crippen molar-refractivity contribution < 1.29 is 17.6 Å². The number of nitrogens with one attached hydrogen (secondary N) is 2. The van der Waals surface area contributed by atoms with E-state index in [0.717, 1.165) is 0 Å². The molecule has 2 rings (SSSR count). The summed E-state index contributed by atoms with van der Waals surface area (Å²) in [6.07, 6.45) is 0. The Labute approximate surface area is 115 Å². The van der Waals surface area contributed by atoms with Gasteiger partial charge in [0.2, 0.25) is 0 Å². The molecule has 0 spiro atoms. The number of rotatable bonds is 2. The lowest BCUT2D eigenvalue weighted by atomic mass is 10.2. The largest absolute Gasteiger partial charge is 0.333 e. The van der Waals surface area contributed by atoms with E-state index in [1.165, 1.54) is 24.3 Å². The summed E-state index contributed by atoms with van der Waals surface area (Å²) in [5, 5.41) is 4.33. The predicted molar refractivity (Wildman–Crippen MR) is 70.6 cm³/mol. The third kappa shape index (κ3) is 3.81. The first kappa shape index (κ1) is 14.1. The van der Waals surface area contributed by atoms with Crippen molar-refractivity contribution in [3.8, 4) is 0 Å². The number of alkyl halides is 1. The smallest absolute Gasteiger partial charge is 0.319 e. The zero-order valence-electron chi connectivity index (χ0n) is 9.77. The van der Waals surface area contributed by atoms with Gasteiger partial charge < -0.3 is 10.6 Å². The van der Waals surface area contributed by atoms with Gasteiger partial charge in [-0.15, -0.1) is 11.6 Å². The van der Waals surface area contributed by atoms with Crippen molar-refractivity contribution in [2.75, 3.05) is 16.8 Å². The number of urea groups is 1. The molecule has 8 heteroatoms. The summed E-state index contributed by atoms with van der Waals surface area (Å²) < 4.78 is 35.3. The lowest BCUT2D eigenvalue weighted by Gasteiger charge is -2.15. The van der Waals surface area contributed by atoms with Crippen LogP contribution in [0.1, 0.15) is 0 Å². The fourth-order valence-electron chi connectivity index (χ4n) is 1.81. The van der Waals surface area contributed by atoms with Gasteiger partial charge in [0.15, 0.2) is 9.84 Å². The number of sulfone groups is 1. The quantitative estimate of drug-likeness (QED) is 0.810. The molecule has 2 N–H and O–H groups in total. The maximum Gasteiger partial charge on any atom is 0.319 e. The molecule has 1 aromatic rings. The highest BCUT2D eigenvalue weighted by atomic mass is 35.5. The maximum atomic E-state index is 12.7. The molecule has 104 valence electrons. The molecule has 0 aliphatic carbocycles. The standard InChI is InChI=1S/C11H12ClFN2O3S/c12-9-5-19(17,18)6-10(9)15-11(16)14-8-3-1-7(13)2-4-8/h1-4,9-10H,5-6H2,(H2,14,15,16)/t9-,10+/m1/s1. The molecule has 1 heterocycles. The summed E-state index contributed by atoms with van der Waals surface area (Å²) in [5.41, 5.74) is 0.408. The number of anilines is 1. The normalized spacial score (nSPS) is 24.9. The van der Waals surface area contributed by atoms with Crippen LogP contribution in [0.25, 0.3) is 0 Å². The predicted octanol–water partition coefficient (Wildman–Crippen LogP) is 1.35. The van der Waals surface area contributed by atoms with Crippen LogP contribution in [0.15, 0.2) is 24.3 Å². The highest BCUT2D eigenvalue weighted by molar-refractivity contribution is 7.91. The van der Waals surface area contributed by atoms with Gasteiger partial charge in [0, 0.05) is 5.69 Å². The minimum Gasteiger partial charge on any atom is -0.333 e. The molecule has 1 saturated heterocycles. The van der Waals surface area contributed by atoms with Gasteiger partial charge in [0.1, 0.15) is 5.82 Å². The number of hydrogen-bond donors (Lipinski definition) is 2. The molecule has 0 saturated carbocycles. The summed E-state index contributed by atoms with van der Waals surface area (Å²) in [6, 6.07) is 4.03. The fraction of sp³-hybridized carbons (Fsp3) is 0.364. The number of amides is 2. The van der Waals surface area contributed by atoms with Gasteiger partial charge in [-0.05, 0) is 24.3 Å². The number of halogens is 2. The lowest BCUT2D eigenvalue weighted by Crippen LogP contribution is -2.42. The Kier molecular flexibility index (Phi) is 3.96. The number of benzene rings is 1. The molecule has 0 radical (unpaired) electrons. The van der Waals surface area contributed by atoms with Crippen molar-refractivity contribution in [2.45, 2.75) is 11.4 Å². The van der Waals surface area contributed by atoms with Crippen LogP contribution in [-0.2, 0) is 9.84 Å². The summed E-state index contributed by atoms with van der Waals surface area (Å²) in [5.74, 6) is -0.720. The molecule has 0 unspecified atom stereocenters. The Morgan fingerprint density at radius 1 is 1.26 bits per heavy atom. The SMILES string of the molecule is O=C(Nc1ccc(F)cc1)N[C@H]1CS(=O)(=O)C[C@H]1Cl. The Balaban J connectivity index is 1.93. The Morgan fingerprint density at radius 3 is 2.42 bits per heavy atom. The van der Waals surface area contributed by atoms with Crippen LogP contribution < -0.4 is 10.6 Å². The van der Waals surface area contributed by atoms with E-state index in [4.69, 9.17) is 11.6 Å². The van der Waals surface area contributed by atoms with Crippen LogP contribution in [-0.4, -0.2) is 37.4 Å². The molecule has 0 bridgehead atoms. The van der Waals surface area contributed by atoms with Crippen molar-refractivity contribution in [1.82, 2.24) is 5.32 Å². The summed E-state index contributed by atoms with van der Waals surface area (Å²) in [7, 11) is -3.19. The molecular formula is C11H12ClFN2O3S. The first-order chi connectivity index (χ1) is 8.85. The summed E-state index contributed by atoms with van der Waals surface area (Å²) in [4.78, 5) is 11.6. The second-order valence-corrected chi connectivity index (χ2v) is 7.02. The molecule has 2 amide bonds. The zero-order valence-corrected chi connectivity index (χ0v) is 11.3. The molecule has 0 aromatic heterocycles. The maximum absolute atomic E-state index is 12.7. The van der Waals surface area contributed by atoms with Crippen LogP contribution in [0.2, 0.25) is 0 Å². The van der Waals surface area contributed by atoms with Gasteiger partial charge in [-0.1, -0.05) is 0 Å². The van der Waals surface area contributed by atoms with E-state index in [1.807, 2.05) is 0 Å². The Hall–Kier alpha value is -1.34. The van der Waals surface area contributed by atoms with Crippen molar-refractivity contribution in [3.63, 3.8) is 0 Å². The highest BCUT2D eigenvalue weighted by Gasteiger charge is 2.37. The summed E-state index contributed by atoms with van der Waals surface area (Å²) >= 11 is 5.86. The Bertz CT molecular complexity index is 576. The third-order valence-corrected chi connectivity index (χ3v) is 5.08. The first-order valence-electron chi connectivity index (χ1n) is 5.53. The Morgan fingerprint density at radius 2 is 1.89 bits per heavy atom. The second-order valence-electron chi connectivity index (χ2n) is 4.30. The second kappa shape index (κ2) is 5.34. The highest BCUT2D eigenvalue weighted by Crippen LogP contribution is 2.18. The molecule has 1 aliphatic heterocycles. The van der Waals surface area contributed by atoms with Crippen molar-refractivity contribution in [1.29, 1.82) is 0 Å². The third-order valence-electron chi connectivity index (χ3n) is 2.70. The average Bonchev–Trinajstić information content (AvgIpc) is 2.55. The molecule has 2 atom stereocenters. The van der Waals surface area contributed by atoms with Gasteiger partial charge in [0.25, 0.3) is 0 Å². The van der Waals surface area contributed by atoms with Crippen LogP contribution in [0.3, 0.4) is 0 Å². The minimum absolute atomic E-state index is 0.143. The van der Waals surface area contributed by atoms with E-state index in [9.17, 15) is 17.6 Å². The van der Waals surface area contributed by atoms with Crippen LogP contribution in [0.5, 0.6) is 0 Å². The van der Waals surface area contributed by atoms with Gasteiger partial charge in [-0.2, -0.15) is 0 Å². The van der Waals surface area contributed by atoms with E-state index in [-0.39, 0.29) is 11.5 Å². The minimum atomic E-state index is -3.19. The van der Waals surface area contributed by atoms with Gasteiger partial charge in [0.05, 0.1) is 22.9 Å². The number of hydrogen-bond acceptors (Lipinski definition) is 3. The van der Waals surface area contributed by atoms with Crippen molar-refractivity contribution in [3.05, 3.63) is 30.1 Å². The molecule has 5 nitrogen and oxygen atoms in total. The number of carbonyl (C=O) groups excluding carboxylic acids is 1. The molecule has 1 aliphatic rings. The van der Waals surface area contributed by atoms with Gasteiger partial charge in [-0.3, -0.25) is 0 Å². The molecule has 19 heavy (non-hydrogen) atoms. The molecule has 1 fully saturated rings. The first-order valence-corrected chi connectivity index (χ1v) is 7.79. The topological polar surface area (TPSA) is 75.3 Å². The monoisotopic (exact) mass is 306 g/mol. The molecular weight excluding hydrogens is 295 g/mol. The van der Waals surface area contributed by atoms with E-state index < -0.39 is 33.1 Å². The van der Waals surface area contributed by atoms with Crippen molar-refractivity contribution >= 4 is 33.2 Å². The van der Waals surface area contributed by atoms with Gasteiger partial charge in [-0.25, -0.2) is 17.6 Å². The lowest BCUT2D eigenvalue weighted by molar-refractivity contribution is 0.249. The summed E-state index contributed by atoms with van der Waals surface area (Å²) in [6.45, 7) is 0. The van der Waals surface area contributed by atoms with Crippen LogP contribution in [0, 0.1) is 5.82 Å². The van der Waals surface area contributed by atoms with Crippen LogP contribution >= 0.6 is 11.6 Å². The van der Waals surface area contributed by atoms with E-state index in [2.05, 4.69) is 10.6 Å². The number of carbonyl (C=O) groups is 1. The molecule has 1 aromatic carbocycles. The van der Waals surface area contributed by atoms with E-state index in [1.54, 1.807) is 0 Å².